The fourth-order valence-electron chi connectivity index (χ4n) is 3.00. The maximum atomic E-state index is 13.5. The van der Waals surface area contributed by atoms with E-state index in [4.69, 9.17) is 4.74 Å². The predicted octanol–water partition coefficient (Wildman–Crippen LogP) is 3.38. The highest BCUT2D eigenvalue weighted by molar-refractivity contribution is 5.74. The average molecular weight is 375 g/mol. The van der Waals surface area contributed by atoms with Crippen LogP contribution in [0.2, 0.25) is 0 Å². The lowest BCUT2D eigenvalue weighted by atomic mass is 10.2. The molecule has 2 heterocycles. The molecule has 0 radical (unpaired) electrons. The van der Waals surface area contributed by atoms with E-state index in [1.165, 1.54) is 24.8 Å². The first-order valence-corrected chi connectivity index (χ1v) is 8.76. The fourth-order valence-corrected chi connectivity index (χ4v) is 3.00. The van der Waals surface area contributed by atoms with Crippen LogP contribution in [0.5, 0.6) is 5.75 Å². The third kappa shape index (κ3) is 4.81. The van der Waals surface area contributed by atoms with E-state index < -0.39 is 11.6 Å². The number of fused-ring (bicyclic) bond motifs is 1. The molecule has 1 aliphatic rings. The lowest BCUT2D eigenvalue weighted by Crippen LogP contribution is -2.35. The highest BCUT2D eigenvalue weighted by atomic mass is 19.1. The molecule has 0 atom stereocenters. The van der Waals surface area contributed by atoms with Crippen molar-refractivity contribution >= 4 is 11.0 Å². The predicted molar refractivity (Wildman–Crippen MR) is 99.7 cm³/mol. The second-order valence-electron chi connectivity index (χ2n) is 6.33. The van der Waals surface area contributed by atoms with E-state index in [-0.39, 0.29) is 5.75 Å². The largest absolute Gasteiger partial charge is 0.491 e. The highest BCUT2D eigenvalue weighted by Crippen LogP contribution is 2.23. The number of methoxy groups -OCH3 is 1. The number of aromatic nitrogens is 2. The number of hydrogen-bond donors (Lipinski definition) is 0. The van der Waals surface area contributed by atoms with Crippen molar-refractivity contribution < 1.29 is 18.3 Å². The van der Waals surface area contributed by atoms with Crippen molar-refractivity contribution in [2.45, 2.75) is 6.54 Å². The molecule has 0 amide bonds. The molecule has 1 aliphatic heterocycles. The SMILES string of the molecule is COc1c(F)cc(CN2CCOCC2)cc1F.Cn1cnc2ccccc21. The summed E-state index contributed by atoms with van der Waals surface area (Å²) in [6.07, 6.45) is 1.82. The molecule has 0 N–H and O–H groups in total. The molecule has 7 heteroatoms. The Morgan fingerprint density at radius 2 is 1.78 bits per heavy atom. The van der Waals surface area contributed by atoms with Crippen molar-refractivity contribution in [3.05, 3.63) is 59.9 Å². The van der Waals surface area contributed by atoms with Gasteiger partial charge in [-0.15, -0.1) is 0 Å². The molecule has 0 saturated carbocycles. The van der Waals surface area contributed by atoms with Crippen LogP contribution in [0.25, 0.3) is 11.0 Å². The second-order valence-corrected chi connectivity index (χ2v) is 6.33. The normalized spacial score (nSPS) is 14.7. The molecule has 0 bridgehead atoms. The summed E-state index contributed by atoms with van der Waals surface area (Å²) in [5, 5.41) is 0. The number of benzene rings is 2. The number of hydrogen-bond acceptors (Lipinski definition) is 4. The zero-order chi connectivity index (χ0) is 19.2. The minimum absolute atomic E-state index is 0.323. The van der Waals surface area contributed by atoms with Gasteiger partial charge >= 0.3 is 0 Å². The molecule has 1 fully saturated rings. The van der Waals surface area contributed by atoms with E-state index in [1.807, 2.05) is 36.1 Å². The van der Waals surface area contributed by atoms with E-state index in [9.17, 15) is 8.78 Å². The van der Waals surface area contributed by atoms with Gasteiger partial charge in [-0.25, -0.2) is 13.8 Å². The Labute approximate surface area is 157 Å². The van der Waals surface area contributed by atoms with Gasteiger partial charge in [0.2, 0.25) is 0 Å². The summed E-state index contributed by atoms with van der Waals surface area (Å²) in [5.41, 5.74) is 2.86. The van der Waals surface area contributed by atoms with Gasteiger partial charge in [0.05, 0.1) is 37.7 Å². The standard InChI is InChI=1S/C12H15F2NO2.C8H8N2/c1-16-12-10(13)6-9(7-11(12)14)8-15-2-4-17-5-3-15;1-10-6-9-7-4-2-3-5-8(7)10/h6-7H,2-5,8H2,1H3;2-6H,1H3. The zero-order valence-corrected chi connectivity index (χ0v) is 15.5. The Morgan fingerprint density at radius 3 is 2.41 bits per heavy atom. The summed E-state index contributed by atoms with van der Waals surface area (Å²) in [6.45, 7) is 3.44. The fraction of sp³-hybridized carbons (Fsp3) is 0.350. The van der Waals surface area contributed by atoms with Crippen LogP contribution in [0.4, 0.5) is 8.78 Å². The number of imidazole rings is 1. The van der Waals surface area contributed by atoms with Gasteiger partial charge in [0.1, 0.15) is 0 Å². The number of para-hydroxylation sites is 2. The molecule has 4 rings (SSSR count). The summed E-state index contributed by atoms with van der Waals surface area (Å²) in [7, 11) is 3.25. The zero-order valence-electron chi connectivity index (χ0n) is 15.5. The lowest BCUT2D eigenvalue weighted by Gasteiger charge is -2.26. The third-order valence-electron chi connectivity index (χ3n) is 4.40. The molecule has 144 valence electrons. The molecule has 1 saturated heterocycles. The smallest absolute Gasteiger partial charge is 0.190 e. The molecular weight excluding hydrogens is 352 g/mol. The topological polar surface area (TPSA) is 39.5 Å². The van der Waals surface area contributed by atoms with Crippen molar-refractivity contribution in [3.8, 4) is 5.75 Å². The number of halogens is 2. The molecule has 2 aromatic carbocycles. The van der Waals surface area contributed by atoms with Crippen molar-refractivity contribution in [3.63, 3.8) is 0 Å². The Kier molecular flexibility index (Phi) is 6.36. The highest BCUT2D eigenvalue weighted by Gasteiger charge is 2.15. The van der Waals surface area contributed by atoms with Gasteiger partial charge in [0, 0.05) is 26.7 Å². The number of aryl methyl sites for hydroxylation is 1. The van der Waals surface area contributed by atoms with Crippen LogP contribution < -0.4 is 4.74 Å². The number of morpholine rings is 1. The van der Waals surface area contributed by atoms with Crippen molar-refractivity contribution in [2.75, 3.05) is 33.4 Å². The van der Waals surface area contributed by atoms with Crippen LogP contribution in [0.1, 0.15) is 5.56 Å². The molecule has 0 spiro atoms. The second kappa shape index (κ2) is 8.92. The average Bonchev–Trinajstić information content (AvgIpc) is 3.04. The molecule has 0 unspecified atom stereocenters. The maximum absolute atomic E-state index is 13.5. The summed E-state index contributed by atoms with van der Waals surface area (Å²) >= 11 is 0. The van der Waals surface area contributed by atoms with E-state index in [2.05, 4.69) is 20.7 Å². The van der Waals surface area contributed by atoms with E-state index >= 15 is 0 Å². The van der Waals surface area contributed by atoms with Gasteiger partial charge in [-0.2, -0.15) is 0 Å². The molecule has 3 aromatic rings. The van der Waals surface area contributed by atoms with E-state index in [0.717, 1.165) is 18.6 Å². The summed E-state index contributed by atoms with van der Waals surface area (Å²) in [6, 6.07) is 10.7. The molecule has 1 aromatic heterocycles. The van der Waals surface area contributed by atoms with Crippen LogP contribution in [0, 0.1) is 11.6 Å². The van der Waals surface area contributed by atoms with Gasteiger partial charge < -0.3 is 14.0 Å². The van der Waals surface area contributed by atoms with Gasteiger partial charge in [-0.1, -0.05) is 12.1 Å². The molecule has 27 heavy (non-hydrogen) atoms. The lowest BCUT2D eigenvalue weighted by molar-refractivity contribution is 0.0341. The number of rotatable bonds is 3. The minimum atomic E-state index is -0.657. The summed E-state index contributed by atoms with van der Waals surface area (Å²) in [4.78, 5) is 6.28. The first kappa shape index (κ1) is 19.3. The quantitative estimate of drug-likeness (QED) is 0.704. The van der Waals surface area contributed by atoms with Gasteiger partial charge in [-0.3, -0.25) is 4.90 Å². The van der Waals surface area contributed by atoms with Crippen LogP contribution in [0.3, 0.4) is 0 Å². The van der Waals surface area contributed by atoms with E-state index in [1.54, 1.807) is 0 Å². The summed E-state index contributed by atoms with van der Waals surface area (Å²) < 4.78 is 38.8. The van der Waals surface area contributed by atoms with Crippen LogP contribution in [-0.4, -0.2) is 47.9 Å². The van der Waals surface area contributed by atoms with E-state index in [0.29, 0.717) is 25.3 Å². The van der Waals surface area contributed by atoms with Gasteiger partial charge in [0.15, 0.2) is 17.4 Å². The minimum Gasteiger partial charge on any atom is -0.491 e. The molecule has 5 nitrogen and oxygen atoms in total. The van der Waals surface area contributed by atoms with Crippen molar-refractivity contribution in [1.82, 2.24) is 14.5 Å². The number of nitrogens with zero attached hydrogens (tertiary/aromatic N) is 3. The molecule has 0 aliphatic carbocycles. The maximum Gasteiger partial charge on any atom is 0.190 e. The first-order valence-electron chi connectivity index (χ1n) is 8.76. The third-order valence-corrected chi connectivity index (χ3v) is 4.40. The first-order chi connectivity index (χ1) is 13.1. The Balaban J connectivity index is 0.000000177. The van der Waals surface area contributed by atoms with Gasteiger partial charge in [-0.05, 0) is 29.8 Å². The Bertz CT molecular complexity index is 869. The Hall–Kier alpha value is -2.51. The number of ether oxygens (including phenoxy) is 2. The van der Waals surface area contributed by atoms with Crippen LogP contribution >= 0.6 is 0 Å². The van der Waals surface area contributed by atoms with Crippen molar-refractivity contribution in [1.29, 1.82) is 0 Å². The van der Waals surface area contributed by atoms with Gasteiger partial charge in [0.25, 0.3) is 0 Å². The van der Waals surface area contributed by atoms with Crippen LogP contribution in [0.15, 0.2) is 42.7 Å². The van der Waals surface area contributed by atoms with Crippen LogP contribution in [-0.2, 0) is 18.3 Å². The van der Waals surface area contributed by atoms with Crippen molar-refractivity contribution in [2.24, 2.45) is 7.05 Å². The summed E-state index contributed by atoms with van der Waals surface area (Å²) in [5.74, 6) is -1.64. The molecular formula is C20H23F2N3O2. The monoisotopic (exact) mass is 375 g/mol. The Morgan fingerprint density at radius 1 is 1.11 bits per heavy atom.